The smallest absolute Gasteiger partial charge is 0.127 e. The molecule has 0 spiro atoms. The number of ether oxygens (including phenoxy) is 4. The molecule has 0 aromatic heterocycles. The van der Waals surface area contributed by atoms with Crippen molar-refractivity contribution in [1.29, 1.82) is 0 Å². The first-order valence-electron chi connectivity index (χ1n) is 38.5. The first-order chi connectivity index (χ1) is 45.8. The Balaban J connectivity index is 0.000000300. The second-order valence-corrected chi connectivity index (χ2v) is 9.25. The highest BCUT2D eigenvalue weighted by atomic mass is 35.5. The van der Waals surface area contributed by atoms with Crippen molar-refractivity contribution >= 4 is 43.9 Å². The summed E-state index contributed by atoms with van der Waals surface area (Å²) in [5, 5.41) is 28.1. The molecule has 55 heavy (non-hydrogen) atoms. The van der Waals surface area contributed by atoms with Gasteiger partial charge < -0.3 is 45.3 Å². The first kappa shape index (κ1) is 11.7. The molecule has 8 rings (SSSR count). The van der Waals surface area contributed by atoms with Crippen molar-refractivity contribution in [3.05, 3.63) is 121 Å². The Kier molecular flexibility index (Phi) is 4.84. The summed E-state index contributed by atoms with van der Waals surface area (Å²) in [4.78, 5) is 0. The number of phenolic OH excluding ortho intramolecular Hbond substituents is 2. The maximum Gasteiger partial charge on any atom is 0.127 e. The summed E-state index contributed by atoms with van der Waals surface area (Å²) in [6.45, 7) is -29.8. The summed E-state index contributed by atoms with van der Waals surface area (Å²) >= 11 is 5.04. The summed E-state index contributed by atoms with van der Waals surface area (Å²) in [6.07, 6.45) is -9.32. The Labute approximate surface area is 398 Å². The second-order valence-electron chi connectivity index (χ2n) is 9.06. The van der Waals surface area contributed by atoms with E-state index < -0.39 is 262 Å². The standard InChI is InChI=1S/C16H21NO2.C13H12O2.C10H8O2.C3H5ClO.C3H9N/c1-12(2)17-10-14(18)11-19-16-9-5-7-13-6-3-4-8-15(13)16;1-2-6-12-10(4-1)5-3-7-13(12)15-9-11-8-14-11;11-9-5-6-10(12)8-4-2-1-3-7(8)9;4-1-3-2-5-3;1-3(2)4/h3-9,12,14,17-18H,10-11H2,1-2H3;1-7,11H,8-9H2;1-6,11-12H;3H,1-2H2;3H,4H2,1-2H3/i1D3,2D3,3D,4D,5D,6D,7D,8D,9D,10D2,11D2,12D,14D;1D,2D,3D,4D,5D,6D,7D,8D2,9D2,11D;1D,2D,3D,4D,5D,6D;1D2,2D2,3D;1D3,2D3,3D. The van der Waals surface area contributed by atoms with Gasteiger partial charge in [0.1, 0.15) is 48.3 Å². The number of nitrogens with one attached hydrogen (secondary N) is 1. The van der Waals surface area contributed by atoms with Crippen LogP contribution in [0.3, 0.4) is 0 Å². The molecule has 2 saturated heterocycles. The van der Waals surface area contributed by atoms with E-state index in [0.717, 1.165) is 0 Å². The van der Waals surface area contributed by atoms with Gasteiger partial charge in [0.15, 0.2) is 0 Å². The molecule has 6 N–H and O–H groups in total. The zero-order valence-electron chi connectivity index (χ0n) is 75.9. The lowest BCUT2D eigenvalue weighted by Gasteiger charge is -2.15. The lowest BCUT2D eigenvalue weighted by molar-refractivity contribution is 0.105. The van der Waals surface area contributed by atoms with Crippen LogP contribution in [0.15, 0.2) is 121 Å². The van der Waals surface area contributed by atoms with Crippen molar-refractivity contribution in [3.63, 3.8) is 0 Å². The summed E-state index contributed by atoms with van der Waals surface area (Å²) in [7, 11) is 0. The topological polar surface area (TPSA) is 142 Å². The third-order valence-corrected chi connectivity index (χ3v) is 5.48. The number of benzene rings is 6. The van der Waals surface area contributed by atoms with Crippen LogP contribution >= 0.6 is 11.6 Å². The predicted molar refractivity (Wildman–Crippen MR) is 225 cm³/mol. The van der Waals surface area contributed by atoms with Gasteiger partial charge in [0.05, 0.1) is 67.5 Å². The average Bonchev–Trinajstić information content (AvgIpc) is 1.52. The molecular weight excluding hydrogens is 716 g/mol. The number of hydrogen-bond donors (Lipinski definition) is 5. The summed E-state index contributed by atoms with van der Waals surface area (Å²) in [6, 6.07) is -22.0. The highest BCUT2D eigenvalue weighted by Gasteiger charge is 2.23. The molecule has 3 atom stereocenters. The van der Waals surface area contributed by atoms with Crippen molar-refractivity contribution in [1.82, 2.24) is 5.32 Å². The van der Waals surface area contributed by atoms with E-state index in [0.29, 0.717) is 0 Å². The molecule has 0 aliphatic carbocycles. The largest absolute Gasteiger partial charge is 0.507 e. The highest BCUT2D eigenvalue weighted by molar-refractivity contribution is 6.18. The first-order valence-corrected chi connectivity index (χ1v) is 14.4. The third kappa shape index (κ3) is 15.6. The van der Waals surface area contributed by atoms with E-state index >= 15 is 0 Å². The quantitative estimate of drug-likeness (QED) is 0.0523. The molecule has 2 aliphatic heterocycles. The second kappa shape index (κ2) is 22.7. The van der Waals surface area contributed by atoms with Gasteiger partial charge in [-0.3, -0.25) is 0 Å². The zero-order valence-corrected chi connectivity index (χ0v) is 27.7. The number of fused-ring (bicyclic) bond motifs is 3. The summed E-state index contributed by atoms with van der Waals surface area (Å²) in [5.41, 5.74) is 4.81. The van der Waals surface area contributed by atoms with Crippen molar-refractivity contribution in [2.75, 3.05) is 38.6 Å². The molecule has 0 amide bonds. The van der Waals surface area contributed by atoms with Crippen molar-refractivity contribution in [2.24, 2.45) is 5.73 Å². The summed E-state index contributed by atoms with van der Waals surface area (Å²) in [5.74, 6) is -5.93. The maximum atomic E-state index is 10.6. The van der Waals surface area contributed by atoms with Gasteiger partial charge in [-0.15, -0.1) is 11.6 Å². The van der Waals surface area contributed by atoms with Gasteiger partial charge in [0.2, 0.25) is 0 Å². The van der Waals surface area contributed by atoms with Crippen molar-refractivity contribution < 1.29 is 101 Å². The molecule has 294 valence electrons. The Hall–Kier alpha value is -4.61. The van der Waals surface area contributed by atoms with E-state index in [4.69, 9.17) is 94.0 Å². The summed E-state index contributed by atoms with van der Waals surface area (Å²) < 4.78 is 385. The maximum absolute atomic E-state index is 10.6. The highest BCUT2D eigenvalue weighted by Crippen LogP contribution is 2.31. The van der Waals surface area contributed by atoms with Gasteiger partial charge in [0, 0.05) is 58.7 Å². The molecule has 2 heterocycles. The number of halogens is 1. The fourth-order valence-corrected chi connectivity index (χ4v) is 3.20. The van der Waals surface area contributed by atoms with Crippen molar-refractivity contribution in [3.8, 4) is 23.0 Å². The van der Waals surface area contributed by atoms with Gasteiger partial charge in [-0.25, -0.2) is 0 Å². The molecule has 6 aromatic rings. The van der Waals surface area contributed by atoms with E-state index in [2.05, 4.69) is 9.47 Å². The number of hydrogen-bond acceptors (Lipinski definition) is 9. The molecule has 9 nitrogen and oxygen atoms in total. The molecule has 0 radical (unpaired) electrons. The predicted octanol–water partition coefficient (Wildman–Crippen LogP) is 8.42. The van der Waals surface area contributed by atoms with E-state index in [1.807, 2.05) is 0 Å². The van der Waals surface area contributed by atoms with Crippen LogP contribution in [-0.4, -0.2) is 84.2 Å². The third-order valence-electron chi connectivity index (χ3n) is 5.31. The number of aromatic hydroxyl groups is 2. The number of phenols is 2. The Morgan fingerprint density at radius 3 is 1.69 bits per heavy atom. The molecule has 2 fully saturated rings. The fourth-order valence-electron chi connectivity index (χ4n) is 3.12. The molecular formula is C45H55ClN2O7. The Morgan fingerprint density at radius 1 is 0.782 bits per heavy atom. The molecule has 3 unspecified atom stereocenters. The van der Waals surface area contributed by atoms with Crippen LogP contribution in [0.1, 0.15) is 94.6 Å². The van der Waals surface area contributed by atoms with Crippen LogP contribution in [0.5, 0.6) is 23.0 Å². The lowest BCUT2D eigenvalue weighted by Crippen LogP contribution is -2.35. The van der Waals surface area contributed by atoms with E-state index in [1.54, 1.807) is 0 Å². The minimum atomic E-state index is -4.31. The molecule has 0 saturated carbocycles. The van der Waals surface area contributed by atoms with Crippen LogP contribution in [0.2, 0.25) is 0 Å². The van der Waals surface area contributed by atoms with Gasteiger partial charge in [0.25, 0.3) is 0 Å². The van der Waals surface area contributed by atoms with Crippen molar-refractivity contribution in [2.45, 2.75) is 57.7 Å². The van der Waals surface area contributed by atoms with E-state index in [9.17, 15) is 15.3 Å². The molecule has 10 heteroatoms. The van der Waals surface area contributed by atoms with Crippen LogP contribution in [0.4, 0.5) is 0 Å². The minimum absolute atomic E-state index is 0.348. The number of epoxide rings is 2. The monoisotopic (exact) mass is 820 g/mol. The number of nitrogens with two attached hydrogens (primary N) is 1. The Morgan fingerprint density at radius 2 is 1.25 bits per heavy atom. The van der Waals surface area contributed by atoms with Crippen LogP contribution in [0, 0.1) is 0 Å². The number of rotatable bonds is 10. The Bertz CT molecular complexity index is 4220. The zero-order chi connectivity index (χ0) is 82.4. The van der Waals surface area contributed by atoms with E-state index in [-0.39, 0.29) is 10.8 Å². The van der Waals surface area contributed by atoms with Crippen LogP contribution in [-0.2, 0) is 9.47 Å². The fraction of sp³-hybridized carbons (Fsp3) is 0.333. The SMILES string of the molecule is [2H]C([2H])(Cl)C1([2H])OC1([2H])[2H].[2H]C([2H])([2H])C([2H])(N)C([2H])([2H])[2H].[2H]c1c([2H])c([2H])c2c(O)c([2H])c([2H])c(O)c2c1[2H].[2H]c1c([2H])c([2H])c2c(OC([2H])([2H])C([2H])(O)C([2H])([2H])NC([2H])(C([2H])([2H])[2H])C([2H])([2H])[2H])c([2H])c([2H])c([2H])c2c1[2H].[2H]c1c([2H])c([2H])c2c(OC([2H])([2H])C3([2H])OC3([2H])[2H])c([2H])c([2H])c([2H])c2c1[2H]. The molecule has 2 aliphatic rings. The molecule has 6 aromatic carbocycles. The normalized spacial score (nSPS) is 35.9. The van der Waals surface area contributed by atoms with E-state index in [1.165, 1.54) is 5.32 Å². The number of alkyl halides is 1. The van der Waals surface area contributed by atoms with Gasteiger partial charge in [-0.1, -0.05) is 124 Å². The number of aliphatic hydroxyl groups is 1. The minimum Gasteiger partial charge on any atom is -0.507 e. The lowest BCUT2D eigenvalue weighted by atomic mass is 10.1. The average molecular weight is 821 g/mol. The molecule has 0 bridgehead atoms. The van der Waals surface area contributed by atoms with Gasteiger partial charge >= 0.3 is 0 Å². The van der Waals surface area contributed by atoms with Crippen LogP contribution in [0.25, 0.3) is 32.3 Å². The van der Waals surface area contributed by atoms with Gasteiger partial charge in [-0.2, -0.15) is 0 Å². The van der Waals surface area contributed by atoms with Crippen LogP contribution < -0.4 is 20.5 Å². The van der Waals surface area contributed by atoms with Gasteiger partial charge in [-0.05, 0) is 41.0 Å².